The second-order valence-electron chi connectivity index (χ2n) is 7.43. The summed E-state index contributed by atoms with van der Waals surface area (Å²) in [5, 5.41) is 2.65. The van der Waals surface area contributed by atoms with Gasteiger partial charge in [-0.3, -0.25) is 4.79 Å². The molecule has 27 heavy (non-hydrogen) atoms. The van der Waals surface area contributed by atoms with Crippen molar-refractivity contribution < 1.29 is 19.1 Å². The van der Waals surface area contributed by atoms with Crippen LogP contribution in [0.1, 0.15) is 42.3 Å². The molecule has 0 atom stereocenters. The third kappa shape index (κ3) is 6.13. The van der Waals surface area contributed by atoms with Gasteiger partial charge in [-0.1, -0.05) is 18.2 Å². The minimum atomic E-state index is -0.538. The van der Waals surface area contributed by atoms with Crippen molar-refractivity contribution in [3.63, 3.8) is 0 Å². The van der Waals surface area contributed by atoms with Gasteiger partial charge in [0.25, 0.3) is 0 Å². The summed E-state index contributed by atoms with van der Waals surface area (Å²) in [6.45, 7) is 10.1. The van der Waals surface area contributed by atoms with Gasteiger partial charge in [-0.15, -0.1) is 0 Å². The van der Waals surface area contributed by atoms with Gasteiger partial charge in [0.05, 0.1) is 6.54 Å². The zero-order valence-corrected chi connectivity index (χ0v) is 16.6. The van der Waals surface area contributed by atoms with Crippen LogP contribution >= 0.6 is 0 Å². The fraction of sp³-hybridized carbons (Fsp3) is 0.364. The first-order valence-electron chi connectivity index (χ1n) is 8.96. The van der Waals surface area contributed by atoms with Gasteiger partial charge in [-0.25, -0.2) is 4.79 Å². The van der Waals surface area contributed by atoms with Crippen LogP contribution in [-0.2, 0) is 4.74 Å². The van der Waals surface area contributed by atoms with Crippen molar-refractivity contribution in [3.8, 4) is 16.9 Å². The topological polar surface area (TPSA) is 64.6 Å². The third-order valence-corrected chi connectivity index (χ3v) is 4.02. The van der Waals surface area contributed by atoms with Crippen LogP contribution in [0.3, 0.4) is 0 Å². The van der Waals surface area contributed by atoms with E-state index >= 15 is 0 Å². The van der Waals surface area contributed by atoms with Gasteiger partial charge in [-0.05, 0) is 75.1 Å². The molecule has 1 N–H and O–H groups in total. The Kier molecular flexibility index (Phi) is 6.61. The maximum absolute atomic E-state index is 11.6. The maximum Gasteiger partial charge on any atom is 0.407 e. The Hall–Kier alpha value is -2.82. The summed E-state index contributed by atoms with van der Waals surface area (Å²) in [6, 6.07) is 11.5. The summed E-state index contributed by atoms with van der Waals surface area (Å²) in [5.74, 6) is 0.585. The number of hydrogen-bond donors (Lipinski definition) is 1. The molecule has 0 aliphatic carbocycles. The molecule has 5 nitrogen and oxygen atoms in total. The molecule has 0 fully saturated rings. The molecule has 0 aromatic heterocycles. The third-order valence-electron chi connectivity index (χ3n) is 4.02. The number of aldehydes is 1. The van der Waals surface area contributed by atoms with Crippen molar-refractivity contribution in [1.29, 1.82) is 0 Å². The number of carbonyl (C=O) groups excluding carboxylic acids is 2. The van der Waals surface area contributed by atoms with Gasteiger partial charge in [0.15, 0.2) is 0 Å². The van der Waals surface area contributed by atoms with Gasteiger partial charge in [0, 0.05) is 5.56 Å². The van der Waals surface area contributed by atoms with E-state index in [1.165, 1.54) is 5.56 Å². The Morgan fingerprint density at radius 1 is 1.15 bits per heavy atom. The molecule has 0 bridgehead atoms. The van der Waals surface area contributed by atoms with Crippen LogP contribution in [0.2, 0.25) is 0 Å². The van der Waals surface area contributed by atoms with E-state index in [4.69, 9.17) is 9.47 Å². The van der Waals surface area contributed by atoms with Crippen molar-refractivity contribution in [2.75, 3.05) is 13.2 Å². The lowest BCUT2D eigenvalue weighted by Gasteiger charge is -2.19. The van der Waals surface area contributed by atoms with Crippen LogP contribution < -0.4 is 10.1 Å². The SMILES string of the molecule is Cc1cccc(-c2cc(C=O)cc(OCCNC(=O)OC(C)(C)C)c2)c1C. The van der Waals surface area contributed by atoms with Crippen LogP contribution in [0.4, 0.5) is 4.79 Å². The molecule has 0 heterocycles. The van der Waals surface area contributed by atoms with E-state index in [9.17, 15) is 9.59 Å². The Morgan fingerprint density at radius 3 is 2.56 bits per heavy atom. The van der Waals surface area contributed by atoms with Gasteiger partial charge in [0.2, 0.25) is 0 Å². The molecule has 0 aliphatic heterocycles. The van der Waals surface area contributed by atoms with Crippen LogP contribution in [0.5, 0.6) is 5.75 Å². The Labute approximate surface area is 160 Å². The maximum atomic E-state index is 11.6. The second kappa shape index (κ2) is 8.71. The molecule has 0 unspecified atom stereocenters. The minimum Gasteiger partial charge on any atom is -0.492 e. The number of amides is 1. The van der Waals surface area contributed by atoms with Crippen LogP contribution in [0.25, 0.3) is 11.1 Å². The number of aryl methyl sites for hydroxylation is 1. The number of alkyl carbamates (subject to hydrolysis) is 1. The predicted octanol–water partition coefficient (Wildman–Crippen LogP) is 4.69. The summed E-state index contributed by atoms with van der Waals surface area (Å²) < 4.78 is 10.9. The lowest BCUT2D eigenvalue weighted by Crippen LogP contribution is -2.34. The highest BCUT2D eigenvalue weighted by molar-refractivity contribution is 5.81. The van der Waals surface area contributed by atoms with Crippen LogP contribution in [0.15, 0.2) is 36.4 Å². The smallest absolute Gasteiger partial charge is 0.407 e. The van der Waals surface area contributed by atoms with E-state index in [0.29, 0.717) is 17.9 Å². The van der Waals surface area contributed by atoms with Crippen LogP contribution in [-0.4, -0.2) is 31.1 Å². The molecule has 144 valence electrons. The van der Waals surface area contributed by atoms with Crippen molar-refractivity contribution in [2.45, 2.75) is 40.2 Å². The highest BCUT2D eigenvalue weighted by atomic mass is 16.6. The zero-order chi connectivity index (χ0) is 20.0. The summed E-state index contributed by atoms with van der Waals surface area (Å²) in [7, 11) is 0. The Balaban J connectivity index is 2.06. The second-order valence-corrected chi connectivity index (χ2v) is 7.43. The van der Waals surface area contributed by atoms with Crippen LogP contribution in [0, 0.1) is 13.8 Å². The number of hydrogen-bond acceptors (Lipinski definition) is 4. The van der Waals surface area contributed by atoms with Gasteiger partial charge in [0.1, 0.15) is 24.2 Å². The normalized spacial score (nSPS) is 11.0. The molecule has 2 rings (SSSR count). The fourth-order valence-corrected chi connectivity index (χ4v) is 2.63. The Bertz CT molecular complexity index is 822. The van der Waals surface area contributed by atoms with E-state index in [1.54, 1.807) is 6.07 Å². The molecular weight excluding hydrogens is 342 g/mol. The van der Waals surface area contributed by atoms with Gasteiger partial charge in [-0.2, -0.15) is 0 Å². The summed E-state index contributed by atoms with van der Waals surface area (Å²) in [5.41, 5.74) is 4.35. The fourth-order valence-electron chi connectivity index (χ4n) is 2.63. The molecule has 5 heteroatoms. The zero-order valence-electron chi connectivity index (χ0n) is 16.6. The van der Waals surface area contributed by atoms with E-state index in [0.717, 1.165) is 23.0 Å². The first-order valence-corrected chi connectivity index (χ1v) is 8.96. The van der Waals surface area contributed by atoms with Gasteiger partial charge < -0.3 is 14.8 Å². The van der Waals surface area contributed by atoms with E-state index < -0.39 is 11.7 Å². The quantitative estimate of drug-likeness (QED) is 0.593. The highest BCUT2D eigenvalue weighted by Gasteiger charge is 2.15. The van der Waals surface area contributed by atoms with E-state index in [2.05, 4.69) is 25.2 Å². The first-order chi connectivity index (χ1) is 12.7. The highest BCUT2D eigenvalue weighted by Crippen LogP contribution is 2.29. The molecule has 1 amide bonds. The minimum absolute atomic E-state index is 0.272. The number of ether oxygens (including phenoxy) is 2. The first kappa shape index (κ1) is 20.5. The molecular formula is C22H27NO4. The number of carbonyl (C=O) groups is 2. The van der Waals surface area contributed by atoms with Gasteiger partial charge >= 0.3 is 6.09 Å². The standard InChI is InChI=1S/C22H27NO4/c1-15-7-6-8-20(16(15)2)18-11-17(14-24)12-19(13-18)26-10-9-23-21(25)27-22(3,4)5/h6-8,11-14H,9-10H2,1-5H3,(H,23,25). The van der Waals surface area contributed by atoms with Crippen molar-refractivity contribution in [3.05, 3.63) is 53.1 Å². The van der Waals surface area contributed by atoms with Crippen molar-refractivity contribution >= 4 is 12.4 Å². The summed E-state index contributed by atoms with van der Waals surface area (Å²) in [4.78, 5) is 23.0. The van der Waals surface area contributed by atoms with E-state index in [1.807, 2.05) is 45.0 Å². The summed E-state index contributed by atoms with van der Waals surface area (Å²) >= 11 is 0. The monoisotopic (exact) mass is 369 g/mol. The molecule has 0 saturated carbocycles. The van der Waals surface area contributed by atoms with Crippen molar-refractivity contribution in [1.82, 2.24) is 5.32 Å². The summed E-state index contributed by atoms with van der Waals surface area (Å²) in [6.07, 6.45) is 0.323. The average molecular weight is 369 g/mol. The molecule has 0 radical (unpaired) electrons. The average Bonchev–Trinajstić information content (AvgIpc) is 2.59. The van der Waals surface area contributed by atoms with E-state index in [-0.39, 0.29) is 6.61 Å². The molecule has 0 spiro atoms. The largest absolute Gasteiger partial charge is 0.492 e. The number of nitrogens with one attached hydrogen (secondary N) is 1. The molecule has 2 aromatic rings. The molecule has 0 saturated heterocycles. The lowest BCUT2D eigenvalue weighted by atomic mass is 9.96. The van der Waals surface area contributed by atoms with Crippen molar-refractivity contribution in [2.24, 2.45) is 0 Å². The molecule has 0 aliphatic rings. The molecule has 2 aromatic carbocycles. The lowest BCUT2D eigenvalue weighted by molar-refractivity contribution is 0.0520. The number of benzene rings is 2. The predicted molar refractivity (Wildman–Crippen MR) is 106 cm³/mol. The Morgan fingerprint density at radius 2 is 1.89 bits per heavy atom. The number of rotatable bonds is 6.